The molecule has 2 aromatic carbocycles. The number of nitrogens with zero attached hydrogens (tertiary/aromatic N) is 3. The lowest BCUT2D eigenvalue weighted by Gasteiger charge is -2.08. The molecule has 29 heavy (non-hydrogen) atoms. The Hall–Kier alpha value is -3.52. The van der Waals surface area contributed by atoms with Gasteiger partial charge >= 0.3 is 0 Å². The third-order valence-electron chi connectivity index (χ3n) is 4.32. The van der Waals surface area contributed by atoms with E-state index in [0.29, 0.717) is 35.5 Å². The van der Waals surface area contributed by atoms with Crippen LogP contribution in [0, 0.1) is 0 Å². The minimum absolute atomic E-state index is 0.240. The van der Waals surface area contributed by atoms with Crippen LogP contribution in [0.4, 0.5) is 11.6 Å². The first kappa shape index (κ1) is 18.8. The largest absolute Gasteiger partial charge is 0.496 e. The molecule has 0 atom stereocenters. The molecule has 148 valence electrons. The Balaban J connectivity index is 1.50. The molecular formula is C20H19ClN6O2. The fourth-order valence-corrected chi connectivity index (χ4v) is 3.11. The molecule has 4 aromatic rings. The Bertz CT molecular complexity index is 1200. The summed E-state index contributed by atoms with van der Waals surface area (Å²) in [6.07, 6.45) is 0. The highest BCUT2D eigenvalue weighted by molar-refractivity contribution is 6.30. The number of H-pyrrole nitrogens is 1. The number of nitrogens with one attached hydrogen (secondary N) is 3. The Morgan fingerprint density at radius 2 is 1.93 bits per heavy atom. The van der Waals surface area contributed by atoms with E-state index in [0.717, 1.165) is 17.0 Å². The molecular weight excluding hydrogens is 392 g/mol. The number of benzene rings is 2. The van der Waals surface area contributed by atoms with Gasteiger partial charge in [-0.15, -0.1) is 0 Å². The molecule has 3 N–H and O–H groups in total. The summed E-state index contributed by atoms with van der Waals surface area (Å²) in [6, 6.07) is 16.5. The van der Waals surface area contributed by atoms with Crippen LogP contribution in [0.25, 0.3) is 5.78 Å². The zero-order valence-corrected chi connectivity index (χ0v) is 16.4. The predicted octanol–water partition coefficient (Wildman–Crippen LogP) is 3.30. The Kier molecular flexibility index (Phi) is 5.35. The highest BCUT2D eigenvalue weighted by Gasteiger charge is 2.09. The Morgan fingerprint density at radius 3 is 2.76 bits per heavy atom. The molecule has 0 saturated carbocycles. The van der Waals surface area contributed by atoms with Gasteiger partial charge in [-0.25, -0.2) is 4.98 Å². The van der Waals surface area contributed by atoms with E-state index < -0.39 is 0 Å². The van der Waals surface area contributed by atoms with Crippen molar-refractivity contribution in [3.8, 4) is 5.75 Å². The van der Waals surface area contributed by atoms with E-state index in [1.165, 1.54) is 10.6 Å². The van der Waals surface area contributed by atoms with Gasteiger partial charge in [-0.1, -0.05) is 35.9 Å². The fraction of sp³-hybridized carbons (Fsp3) is 0.150. The summed E-state index contributed by atoms with van der Waals surface area (Å²) >= 11 is 5.99. The van der Waals surface area contributed by atoms with Gasteiger partial charge in [-0.05, 0) is 24.3 Å². The molecule has 4 rings (SSSR count). The van der Waals surface area contributed by atoms with Crippen molar-refractivity contribution >= 4 is 29.0 Å². The number of aromatic nitrogens is 4. The van der Waals surface area contributed by atoms with Gasteiger partial charge in [0.1, 0.15) is 5.75 Å². The maximum atomic E-state index is 12.4. The summed E-state index contributed by atoms with van der Waals surface area (Å²) in [5.74, 6) is 1.52. The summed E-state index contributed by atoms with van der Waals surface area (Å²) in [5.41, 5.74) is 2.16. The topological polar surface area (TPSA) is 96.3 Å². The maximum absolute atomic E-state index is 12.4. The second kappa shape index (κ2) is 8.24. The van der Waals surface area contributed by atoms with E-state index >= 15 is 0 Å². The zero-order valence-electron chi connectivity index (χ0n) is 15.6. The molecule has 0 aliphatic carbocycles. The average molecular weight is 411 g/mol. The maximum Gasteiger partial charge on any atom is 0.274 e. The van der Waals surface area contributed by atoms with Crippen LogP contribution >= 0.6 is 11.6 Å². The van der Waals surface area contributed by atoms with Crippen molar-refractivity contribution in [2.24, 2.45) is 0 Å². The fourth-order valence-electron chi connectivity index (χ4n) is 2.92. The highest BCUT2D eigenvalue weighted by atomic mass is 35.5. The molecule has 0 unspecified atom stereocenters. The Morgan fingerprint density at radius 1 is 1.07 bits per heavy atom. The van der Waals surface area contributed by atoms with E-state index in [2.05, 4.69) is 25.7 Å². The zero-order chi connectivity index (χ0) is 20.2. The predicted molar refractivity (Wildman–Crippen MR) is 113 cm³/mol. The molecule has 2 heterocycles. The molecule has 0 fully saturated rings. The van der Waals surface area contributed by atoms with E-state index in [4.69, 9.17) is 16.3 Å². The first-order valence-corrected chi connectivity index (χ1v) is 9.34. The van der Waals surface area contributed by atoms with Crippen molar-refractivity contribution in [2.75, 3.05) is 17.7 Å². The van der Waals surface area contributed by atoms with Crippen LogP contribution in [-0.4, -0.2) is 26.7 Å². The molecule has 0 amide bonds. The van der Waals surface area contributed by atoms with Crippen molar-refractivity contribution in [1.29, 1.82) is 0 Å². The van der Waals surface area contributed by atoms with Crippen molar-refractivity contribution in [3.63, 3.8) is 0 Å². The van der Waals surface area contributed by atoms with Crippen LogP contribution in [0.15, 0.2) is 59.4 Å². The van der Waals surface area contributed by atoms with Crippen LogP contribution in [0.5, 0.6) is 5.75 Å². The van der Waals surface area contributed by atoms with E-state index in [9.17, 15) is 4.79 Å². The minimum Gasteiger partial charge on any atom is -0.496 e. The molecule has 9 heteroatoms. The standard InChI is InChI=1S/C20H19ClN6O2/c1-29-17-8-3-2-5-13(17)11-23-19-25-20-24-16(10-18(28)27(20)26-19)12-22-15-7-4-6-14(21)9-15/h2-10,22H,11-12H2,1H3,(H2,23,24,25,26). The third kappa shape index (κ3) is 4.33. The van der Waals surface area contributed by atoms with Gasteiger partial charge in [0.25, 0.3) is 11.3 Å². The number of fused-ring (bicyclic) bond motifs is 1. The van der Waals surface area contributed by atoms with Crippen LogP contribution < -0.4 is 20.9 Å². The number of hydrogen-bond acceptors (Lipinski definition) is 6. The second-order valence-corrected chi connectivity index (χ2v) is 6.76. The number of methoxy groups -OCH3 is 1. The third-order valence-corrected chi connectivity index (χ3v) is 4.56. The SMILES string of the molecule is COc1ccccc1CNc1nc2nc(CNc3cccc(Cl)c3)cc(=O)n2[nH]1. The molecule has 8 nitrogen and oxygen atoms in total. The van der Waals surface area contributed by atoms with E-state index in [1.807, 2.05) is 36.4 Å². The lowest BCUT2D eigenvalue weighted by Crippen LogP contribution is -2.17. The molecule has 0 aliphatic heterocycles. The molecule has 0 bridgehead atoms. The summed E-state index contributed by atoms with van der Waals surface area (Å²) in [5, 5.41) is 9.91. The van der Waals surface area contributed by atoms with Crippen LogP contribution in [0.2, 0.25) is 5.02 Å². The highest BCUT2D eigenvalue weighted by Crippen LogP contribution is 2.18. The Labute approximate surface area is 171 Å². The average Bonchev–Trinajstić information content (AvgIpc) is 3.15. The van der Waals surface area contributed by atoms with Crippen molar-refractivity contribution in [2.45, 2.75) is 13.1 Å². The molecule has 0 saturated heterocycles. The summed E-state index contributed by atoms with van der Waals surface area (Å²) in [6.45, 7) is 0.866. The van der Waals surface area contributed by atoms with Gasteiger partial charge in [0.05, 0.1) is 19.3 Å². The van der Waals surface area contributed by atoms with Crippen LogP contribution in [0.1, 0.15) is 11.3 Å². The number of hydrogen-bond donors (Lipinski definition) is 3. The van der Waals surface area contributed by atoms with Crippen molar-refractivity contribution in [1.82, 2.24) is 19.6 Å². The van der Waals surface area contributed by atoms with Crippen LogP contribution in [-0.2, 0) is 13.1 Å². The second-order valence-electron chi connectivity index (χ2n) is 6.32. The van der Waals surface area contributed by atoms with Gasteiger partial charge in [0.2, 0.25) is 5.95 Å². The van der Waals surface area contributed by atoms with E-state index in [-0.39, 0.29) is 5.56 Å². The smallest absolute Gasteiger partial charge is 0.274 e. The first-order chi connectivity index (χ1) is 14.1. The van der Waals surface area contributed by atoms with Gasteiger partial charge in [-0.3, -0.25) is 9.89 Å². The number of anilines is 2. The quantitative estimate of drug-likeness (QED) is 0.432. The monoisotopic (exact) mass is 410 g/mol. The van der Waals surface area contributed by atoms with Gasteiger partial charge in [0.15, 0.2) is 0 Å². The van der Waals surface area contributed by atoms with Gasteiger partial charge < -0.3 is 15.4 Å². The molecule has 0 spiro atoms. The molecule has 0 radical (unpaired) electrons. The summed E-state index contributed by atoms with van der Waals surface area (Å²) in [4.78, 5) is 21.2. The number of halogens is 1. The van der Waals surface area contributed by atoms with Crippen molar-refractivity contribution < 1.29 is 4.74 Å². The lowest BCUT2D eigenvalue weighted by atomic mass is 10.2. The normalized spacial score (nSPS) is 10.8. The number of aromatic amines is 1. The summed E-state index contributed by atoms with van der Waals surface area (Å²) < 4.78 is 6.64. The first-order valence-electron chi connectivity index (χ1n) is 8.96. The summed E-state index contributed by atoms with van der Waals surface area (Å²) in [7, 11) is 1.63. The molecule has 2 aromatic heterocycles. The van der Waals surface area contributed by atoms with Gasteiger partial charge in [0, 0.05) is 28.9 Å². The molecule has 0 aliphatic rings. The van der Waals surface area contributed by atoms with Crippen LogP contribution in [0.3, 0.4) is 0 Å². The number of ether oxygens (including phenoxy) is 1. The number of para-hydroxylation sites is 1. The van der Waals surface area contributed by atoms with Crippen molar-refractivity contribution in [3.05, 3.63) is 81.2 Å². The number of rotatable bonds is 7. The van der Waals surface area contributed by atoms with Gasteiger partial charge in [-0.2, -0.15) is 9.50 Å². The minimum atomic E-state index is -0.240. The van der Waals surface area contributed by atoms with E-state index in [1.54, 1.807) is 19.2 Å². The lowest BCUT2D eigenvalue weighted by molar-refractivity contribution is 0.410.